The van der Waals surface area contributed by atoms with Crippen molar-refractivity contribution in [3.63, 3.8) is 0 Å². The number of benzene rings is 1. The molecule has 1 aliphatic heterocycles. The van der Waals surface area contributed by atoms with E-state index in [1.165, 1.54) is 6.07 Å². The second kappa shape index (κ2) is 7.48. The number of halogens is 3. The third-order valence-corrected chi connectivity index (χ3v) is 3.95. The Hall–Kier alpha value is -2.05. The molecule has 1 fully saturated rings. The molecule has 1 amide bonds. The van der Waals surface area contributed by atoms with Gasteiger partial charge in [-0.1, -0.05) is 17.7 Å². The first-order valence-corrected chi connectivity index (χ1v) is 7.48. The molecule has 0 radical (unpaired) electrons. The molecule has 4 nitrogen and oxygen atoms in total. The van der Waals surface area contributed by atoms with Crippen LogP contribution in [0.25, 0.3) is 11.3 Å². The van der Waals surface area contributed by atoms with E-state index in [4.69, 9.17) is 11.6 Å². The van der Waals surface area contributed by atoms with Crippen molar-refractivity contribution in [2.75, 3.05) is 11.9 Å². The third kappa shape index (κ3) is 3.65. The lowest BCUT2D eigenvalue weighted by Crippen LogP contribution is -2.35. The number of hydrogen-bond donors (Lipinski definition) is 2. The van der Waals surface area contributed by atoms with Gasteiger partial charge < -0.3 is 10.6 Å². The lowest BCUT2D eigenvalue weighted by Gasteiger charge is -2.13. The average molecular weight is 340 g/mol. The molecule has 2 heterocycles. The normalized spacial score (nSPS) is 16.7. The molecular formula is C16H16ClF2N3O. The van der Waals surface area contributed by atoms with Gasteiger partial charge in [-0.15, -0.1) is 0 Å². The summed E-state index contributed by atoms with van der Waals surface area (Å²) in [6.07, 6.45) is 3.26. The molecule has 122 valence electrons. The topological polar surface area (TPSA) is 54.0 Å². The van der Waals surface area contributed by atoms with Gasteiger partial charge in [0.1, 0.15) is 0 Å². The molecule has 2 N–H and O–H groups in total. The summed E-state index contributed by atoms with van der Waals surface area (Å²) >= 11 is 6.07. The molecule has 1 atom stereocenters. The van der Waals surface area contributed by atoms with E-state index >= 15 is 0 Å². The minimum Gasteiger partial charge on any atom is -0.322 e. The molecule has 1 aromatic heterocycles. The quantitative estimate of drug-likeness (QED) is 0.901. The lowest BCUT2D eigenvalue weighted by molar-refractivity contribution is -0.117. The smallest absolute Gasteiger partial charge is 0.241 e. The Labute approximate surface area is 137 Å². The number of anilines is 1. The monoisotopic (exact) mass is 339 g/mol. The summed E-state index contributed by atoms with van der Waals surface area (Å²) < 4.78 is 14.7. The Morgan fingerprint density at radius 3 is 2.87 bits per heavy atom. The summed E-state index contributed by atoms with van der Waals surface area (Å²) in [4.78, 5) is 16.2. The highest BCUT2D eigenvalue weighted by atomic mass is 35.5. The van der Waals surface area contributed by atoms with E-state index in [-0.39, 0.29) is 27.9 Å². The van der Waals surface area contributed by atoms with Crippen molar-refractivity contribution in [3.05, 3.63) is 47.4 Å². The van der Waals surface area contributed by atoms with E-state index in [2.05, 4.69) is 15.6 Å². The van der Waals surface area contributed by atoms with Gasteiger partial charge in [0.2, 0.25) is 5.91 Å². The molecule has 1 aromatic carbocycles. The van der Waals surface area contributed by atoms with Gasteiger partial charge in [-0.2, -0.15) is 0 Å². The Bertz CT molecular complexity index is 705. The molecule has 1 saturated heterocycles. The van der Waals surface area contributed by atoms with E-state index in [9.17, 15) is 9.18 Å². The minimum absolute atomic E-state index is 0. The predicted molar refractivity (Wildman–Crippen MR) is 86.8 cm³/mol. The summed E-state index contributed by atoms with van der Waals surface area (Å²) in [6, 6.07) is 7.86. The molecule has 1 aliphatic rings. The number of amides is 1. The number of rotatable bonds is 3. The predicted octanol–water partition coefficient (Wildman–Crippen LogP) is 3.38. The zero-order chi connectivity index (χ0) is 15.5. The van der Waals surface area contributed by atoms with E-state index in [1.807, 2.05) is 0 Å². The Kier molecular flexibility index (Phi) is 5.63. The van der Waals surface area contributed by atoms with E-state index in [0.29, 0.717) is 10.7 Å². The van der Waals surface area contributed by atoms with Gasteiger partial charge >= 0.3 is 0 Å². The molecule has 0 aliphatic carbocycles. The first kappa shape index (κ1) is 17.3. The highest BCUT2D eigenvalue weighted by molar-refractivity contribution is 6.33. The first-order chi connectivity index (χ1) is 10.7. The van der Waals surface area contributed by atoms with Gasteiger partial charge in [-0.3, -0.25) is 14.5 Å². The number of carbonyl (C=O) groups excluding carboxylic acids is 1. The Balaban J connectivity index is 0.00000192. The van der Waals surface area contributed by atoms with Gasteiger partial charge in [-0.05, 0) is 43.7 Å². The van der Waals surface area contributed by atoms with Crippen LogP contribution in [0.15, 0.2) is 36.5 Å². The van der Waals surface area contributed by atoms with Crippen LogP contribution in [0.4, 0.5) is 14.8 Å². The molecule has 7 heteroatoms. The van der Waals surface area contributed by atoms with E-state index in [0.717, 1.165) is 19.4 Å². The molecular weight excluding hydrogens is 324 g/mol. The fourth-order valence-corrected chi connectivity index (χ4v) is 2.75. The maximum absolute atomic E-state index is 14.7. The third-order valence-electron chi connectivity index (χ3n) is 3.65. The zero-order valence-corrected chi connectivity index (χ0v) is 12.9. The van der Waals surface area contributed by atoms with Gasteiger partial charge in [0, 0.05) is 11.8 Å². The summed E-state index contributed by atoms with van der Waals surface area (Å²) in [6.45, 7) is 0.810. The number of nitrogens with one attached hydrogen (secondary N) is 2. The largest absolute Gasteiger partial charge is 0.322 e. The van der Waals surface area contributed by atoms with Crippen LogP contribution < -0.4 is 10.6 Å². The summed E-state index contributed by atoms with van der Waals surface area (Å²) in [5.74, 6) is -0.755. The van der Waals surface area contributed by atoms with Crippen molar-refractivity contribution < 1.29 is 13.9 Å². The summed E-state index contributed by atoms with van der Waals surface area (Å²) in [7, 11) is 0. The number of aromatic nitrogens is 1. The highest BCUT2D eigenvalue weighted by Gasteiger charge is 2.23. The van der Waals surface area contributed by atoms with Crippen molar-refractivity contribution in [1.29, 1.82) is 0 Å². The van der Waals surface area contributed by atoms with Crippen molar-refractivity contribution in [2.45, 2.75) is 18.9 Å². The molecule has 0 spiro atoms. The number of nitrogens with zero attached hydrogens (tertiary/aromatic N) is 1. The van der Waals surface area contributed by atoms with Gasteiger partial charge in [0.05, 0.1) is 22.4 Å². The van der Waals surface area contributed by atoms with Crippen LogP contribution in [0, 0.1) is 5.82 Å². The van der Waals surface area contributed by atoms with Crippen LogP contribution in [0.1, 0.15) is 12.8 Å². The van der Waals surface area contributed by atoms with Crippen LogP contribution in [0.5, 0.6) is 0 Å². The van der Waals surface area contributed by atoms with Crippen molar-refractivity contribution in [1.82, 2.24) is 10.3 Å². The van der Waals surface area contributed by atoms with Crippen molar-refractivity contribution >= 4 is 23.2 Å². The van der Waals surface area contributed by atoms with Gasteiger partial charge in [-0.25, -0.2) is 4.39 Å². The van der Waals surface area contributed by atoms with Crippen LogP contribution in [0.3, 0.4) is 0 Å². The SMILES string of the molecule is F.O=C(Nc1cccc(-c2ncccc2Cl)c1F)C1CCCN1. The number of carbonyl (C=O) groups is 1. The molecule has 23 heavy (non-hydrogen) atoms. The lowest BCUT2D eigenvalue weighted by atomic mass is 10.1. The maximum atomic E-state index is 14.7. The van der Waals surface area contributed by atoms with E-state index < -0.39 is 5.82 Å². The number of pyridine rings is 1. The van der Waals surface area contributed by atoms with Crippen LogP contribution in [0.2, 0.25) is 5.02 Å². The first-order valence-electron chi connectivity index (χ1n) is 7.10. The second-order valence-electron chi connectivity index (χ2n) is 5.14. The highest BCUT2D eigenvalue weighted by Crippen LogP contribution is 2.31. The zero-order valence-electron chi connectivity index (χ0n) is 12.2. The molecule has 0 saturated carbocycles. The molecule has 0 bridgehead atoms. The molecule has 1 unspecified atom stereocenters. The minimum atomic E-state index is -0.533. The standard InChI is InChI=1S/C16H15ClFN3O.FH/c17-11-5-2-9-20-15(11)10-4-1-6-12(14(10)18)21-16(22)13-7-3-8-19-13;/h1-2,4-6,9,13,19H,3,7-8H2,(H,21,22);1H. The maximum Gasteiger partial charge on any atom is 0.241 e. The van der Waals surface area contributed by atoms with Crippen LogP contribution in [-0.2, 0) is 4.79 Å². The second-order valence-corrected chi connectivity index (χ2v) is 5.55. The van der Waals surface area contributed by atoms with Crippen LogP contribution in [-0.4, -0.2) is 23.5 Å². The van der Waals surface area contributed by atoms with Crippen molar-refractivity contribution in [2.24, 2.45) is 0 Å². The fourth-order valence-electron chi connectivity index (χ4n) is 2.52. The molecule has 2 aromatic rings. The van der Waals surface area contributed by atoms with Gasteiger partial charge in [0.15, 0.2) is 5.82 Å². The number of hydrogen-bond acceptors (Lipinski definition) is 3. The average Bonchev–Trinajstić information content (AvgIpc) is 3.05. The van der Waals surface area contributed by atoms with Crippen LogP contribution >= 0.6 is 11.6 Å². The summed E-state index contributed by atoms with van der Waals surface area (Å²) in [5, 5.41) is 6.08. The summed E-state index contributed by atoms with van der Waals surface area (Å²) in [5.41, 5.74) is 0.762. The van der Waals surface area contributed by atoms with Gasteiger partial charge in [0.25, 0.3) is 0 Å². The Morgan fingerprint density at radius 1 is 1.35 bits per heavy atom. The van der Waals surface area contributed by atoms with E-state index in [1.54, 1.807) is 30.5 Å². The van der Waals surface area contributed by atoms with Crippen molar-refractivity contribution in [3.8, 4) is 11.3 Å². The Morgan fingerprint density at radius 2 is 2.17 bits per heavy atom. The molecule has 3 rings (SSSR count). The fraction of sp³-hybridized carbons (Fsp3) is 0.250.